The summed E-state index contributed by atoms with van der Waals surface area (Å²) in [5, 5.41) is 0. The van der Waals surface area contributed by atoms with Gasteiger partial charge in [0.15, 0.2) is 0 Å². The van der Waals surface area contributed by atoms with Crippen LogP contribution in [0.5, 0.6) is 0 Å². The zero-order chi connectivity index (χ0) is 14.0. The Morgan fingerprint density at radius 3 is 2.15 bits per heavy atom. The van der Waals surface area contributed by atoms with E-state index in [0.717, 1.165) is 5.56 Å². The molecule has 1 heterocycles. The zero-order valence-electron chi connectivity index (χ0n) is 10.4. The van der Waals surface area contributed by atoms with Gasteiger partial charge in [0.05, 0.1) is 10.6 Å². The second-order valence-electron chi connectivity index (χ2n) is 4.18. The predicted molar refractivity (Wildman–Crippen MR) is 86.1 cm³/mol. The summed E-state index contributed by atoms with van der Waals surface area (Å²) >= 11 is 3.45. The number of aliphatic imine (C=N–C) groups is 1. The predicted octanol–water partition coefficient (Wildman–Crippen LogP) is 4.28. The average molecular weight is 347 g/mol. The molecule has 3 rings (SSSR count). The average Bonchev–Trinajstić information content (AvgIpc) is 2.52. The van der Waals surface area contributed by atoms with E-state index in [-0.39, 0.29) is 0 Å². The lowest BCUT2D eigenvalue weighted by Gasteiger charge is -2.15. The largest absolute Gasteiger partial charge is 0.239 e. The van der Waals surface area contributed by atoms with Gasteiger partial charge in [-0.1, -0.05) is 48.5 Å². The summed E-state index contributed by atoms with van der Waals surface area (Å²) in [6.07, 6.45) is 1.38. The molecule has 0 aliphatic carbocycles. The molecule has 3 nitrogen and oxygen atoms in total. The first-order valence-corrected chi connectivity index (χ1v) is 8.32. The molecule has 2 aromatic rings. The summed E-state index contributed by atoms with van der Waals surface area (Å²) in [4.78, 5) is 4.94. The molecule has 0 N–H and O–H groups in total. The van der Waals surface area contributed by atoms with Crippen LogP contribution in [0.1, 0.15) is 5.56 Å². The van der Waals surface area contributed by atoms with Crippen molar-refractivity contribution in [1.29, 1.82) is 0 Å². The Morgan fingerprint density at radius 2 is 1.50 bits per heavy atom. The van der Waals surface area contributed by atoms with Crippen LogP contribution in [0.2, 0.25) is 0 Å². The fourth-order valence-corrected chi connectivity index (χ4v) is 4.63. The van der Waals surface area contributed by atoms with Crippen LogP contribution in [-0.4, -0.2) is 10.5 Å². The maximum Gasteiger partial charge on any atom is 0.126 e. The highest BCUT2D eigenvalue weighted by atomic mass is 79.9. The van der Waals surface area contributed by atoms with Crippen molar-refractivity contribution < 1.29 is 4.21 Å². The third-order valence-electron chi connectivity index (χ3n) is 2.92. The lowest BCUT2D eigenvalue weighted by atomic mass is 10.2. The summed E-state index contributed by atoms with van der Waals surface area (Å²) in [5.74, 6) is 0. The molecule has 20 heavy (non-hydrogen) atoms. The van der Waals surface area contributed by atoms with Gasteiger partial charge < -0.3 is 0 Å². The van der Waals surface area contributed by atoms with Gasteiger partial charge in [0.1, 0.15) is 19.9 Å². The Labute approximate surface area is 126 Å². The van der Waals surface area contributed by atoms with Crippen LogP contribution < -0.4 is 0 Å². The molecule has 0 spiro atoms. The molecular formula is C15H11BrN2OS. The molecule has 0 saturated carbocycles. The third kappa shape index (κ3) is 2.23. The van der Waals surface area contributed by atoms with Gasteiger partial charge in [-0.15, -0.1) is 0 Å². The Balaban J connectivity index is 2.21. The van der Waals surface area contributed by atoms with Crippen molar-refractivity contribution in [1.82, 2.24) is 0 Å². The Hall–Kier alpha value is -1.72. The quantitative estimate of drug-likeness (QED) is 0.800. The monoisotopic (exact) mass is 346 g/mol. The highest BCUT2D eigenvalue weighted by Crippen LogP contribution is 2.35. The van der Waals surface area contributed by atoms with E-state index in [9.17, 15) is 4.21 Å². The van der Waals surface area contributed by atoms with Crippen LogP contribution in [0.25, 0.3) is 5.70 Å². The first-order valence-electron chi connectivity index (χ1n) is 6.01. The Bertz CT molecular complexity index is 804. The minimum atomic E-state index is -2.67. The van der Waals surface area contributed by atoms with Crippen molar-refractivity contribution in [2.75, 3.05) is 0 Å². The number of hydrogen-bond donors (Lipinski definition) is 0. The highest BCUT2D eigenvalue weighted by molar-refractivity contribution is 9.13. The molecule has 0 saturated heterocycles. The molecule has 1 aliphatic heterocycles. The molecule has 0 amide bonds. The molecule has 1 aliphatic rings. The first kappa shape index (κ1) is 13.3. The number of nitrogens with zero attached hydrogens (tertiary/aromatic N) is 2. The molecule has 100 valence electrons. The van der Waals surface area contributed by atoms with Crippen molar-refractivity contribution in [3.63, 3.8) is 0 Å². The van der Waals surface area contributed by atoms with Crippen molar-refractivity contribution in [3.8, 4) is 0 Å². The van der Waals surface area contributed by atoms with Crippen LogP contribution in [-0.2, 0) is 9.73 Å². The summed E-state index contributed by atoms with van der Waals surface area (Å²) in [5.41, 5.74) is 1.57. The molecule has 5 heteroatoms. The van der Waals surface area contributed by atoms with Crippen LogP contribution in [0.4, 0.5) is 0 Å². The van der Waals surface area contributed by atoms with Gasteiger partial charge in [-0.2, -0.15) is 4.36 Å². The van der Waals surface area contributed by atoms with Crippen LogP contribution in [0.15, 0.2) is 78.7 Å². The number of rotatable bonds is 2. The lowest BCUT2D eigenvalue weighted by Crippen LogP contribution is -2.06. The minimum absolute atomic E-state index is 0.518. The second kappa shape index (κ2) is 5.34. The minimum Gasteiger partial charge on any atom is -0.239 e. The molecule has 0 aromatic heterocycles. The summed E-state index contributed by atoms with van der Waals surface area (Å²) in [6.45, 7) is 0. The highest BCUT2D eigenvalue weighted by Gasteiger charge is 2.23. The van der Waals surface area contributed by atoms with E-state index in [0.29, 0.717) is 14.4 Å². The van der Waals surface area contributed by atoms with E-state index in [4.69, 9.17) is 0 Å². The van der Waals surface area contributed by atoms with E-state index in [1.165, 1.54) is 6.34 Å². The smallest absolute Gasteiger partial charge is 0.126 e. The van der Waals surface area contributed by atoms with Crippen molar-refractivity contribution in [2.45, 2.75) is 4.90 Å². The van der Waals surface area contributed by atoms with Crippen LogP contribution in [0.3, 0.4) is 0 Å². The molecular weight excluding hydrogens is 336 g/mol. The lowest BCUT2D eigenvalue weighted by molar-refractivity contribution is 0.682. The van der Waals surface area contributed by atoms with Gasteiger partial charge in [0, 0.05) is 5.56 Å². The maximum atomic E-state index is 13.2. The fourth-order valence-electron chi connectivity index (χ4n) is 1.93. The number of benzene rings is 2. The van der Waals surface area contributed by atoms with E-state index < -0.39 is 9.73 Å². The van der Waals surface area contributed by atoms with Crippen LogP contribution in [0, 0.1) is 0 Å². The second-order valence-corrected chi connectivity index (χ2v) is 7.64. The maximum absolute atomic E-state index is 13.2. The van der Waals surface area contributed by atoms with Gasteiger partial charge in [0.25, 0.3) is 0 Å². The van der Waals surface area contributed by atoms with E-state index >= 15 is 0 Å². The summed E-state index contributed by atoms with van der Waals surface area (Å²) in [7, 11) is -2.67. The standard InChI is InChI=1S/C15H11BrN2OS/c16-15-14(12-7-3-1-4-8-12)17-11-18-20(15,19)13-9-5-2-6-10-13/h1-11H. The molecule has 2 aromatic carbocycles. The Kier molecular flexibility index (Phi) is 3.54. The number of hydrogen-bond acceptors (Lipinski definition) is 3. The molecule has 1 unspecified atom stereocenters. The van der Waals surface area contributed by atoms with E-state index in [1.807, 2.05) is 60.7 Å². The summed E-state index contributed by atoms with van der Waals surface area (Å²) in [6, 6.07) is 18.9. The third-order valence-corrected chi connectivity index (χ3v) is 6.59. The molecule has 0 radical (unpaired) electrons. The molecule has 0 bridgehead atoms. The van der Waals surface area contributed by atoms with Crippen molar-refractivity contribution >= 4 is 37.7 Å². The van der Waals surface area contributed by atoms with E-state index in [2.05, 4.69) is 25.3 Å². The molecule has 1 atom stereocenters. The van der Waals surface area contributed by atoms with Crippen molar-refractivity contribution in [2.24, 2.45) is 9.36 Å². The van der Waals surface area contributed by atoms with Gasteiger partial charge in [0.2, 0.25) is 0 Å². The van der Waals surface area contributed by atoms with Gasteiger partial charge in [-0.05, 0) is 28.1 Å². The van der Waals surface area contributed by atoms with Crippen molar-refractivity contribution in [3.05, 3.63) is 70.0 Å². The fraction of sp³-hybridized carbons (Fsp3) is 0. The SMILES string of the molecule is O=S1(c2ccccc2)=NC=NC(c2ccccc2)=C1Br. The number of halogens is 1. The Morgan fingerprint density at radius 1 is 0.900 bits per heavy atom. The normalized spacial score (nSPS) is 21.6. The van der Waals surface area contributed by atoms with Gasteiger partial charge in [-0.25, -0.2) is 9.20 Å². The summed E-state index contributed by atoms with van der Waals surface area (Å²) < 4.78 is 17.8. The van der Waals surface area contributed by atoms with Gasteiger partial charge >= 0.3 is 0 Å². The zero-order valence-corrected chi connectivity index (χ0v) is 12.8. The first-order chi connectivity index (χ1) is 9.72. The van der Waals surface area contributed by atoms with E-state index in [1.54, 1.807) is 0 Å². The molecule has 0 fully saturated rings. The van der Waals surface area contributed by atoms with Crippen LogP contribution >= 0.6 is 15.9 Å². The van der Waals surface area contributed by atoms with Gasteiger partial charge in [-0.3, -0.25) is 0 Å². The topological polar surface area (TPSA) is 41.8 Å².